The van der Waals surface area contributed by atoms with Gasteiger partial charge < -0.3 is 4.81 Å². The van der Waals surface area contributed by atoms with Gasteiger partial charge in [0.15, 0.2) is 7.98 Å². The number of hydrogen-bond donors (Lipinski definition) is 0. The molecular weight excluding hydrogens is 167 g/mol. The van der Waals surface area contributed by atoms with E-state index in [1.807, 2.05) is 0 Å². The molecule has 5 heteroatoms. The monoisotopic (exact) mass is 184 g/mol. The minimum atomic E-state index is 0.107. The maximum absolute atomic E-state index is 11.6. The maximum Gasteiger partial charge on any atom is 0.249 e. The zero-order valence-electron chi connectivity index (χ0n) is 8.62. The van der Waals surface area contributed by atoms with Crippen LogP contribution in [0.25, 0.3) is 0 Å². The Balaban J connectivity index is 2.40. The number of amides is 1. The second-order valence-corrected chi connectivity index (χ2v) is 3.60. The van der Waals surface area contributed by atoms with E-state index in [9.17, 15) is 4.79 Å². The van der Waals surface area contributed by atoms with Crippen molar-refractivity contribution in [2.75, 3.05) is 27.2 Å². The minimum absolute atomic E-state index is 0.107. The maximum atomic E-state index is 11.6. The molecule has 1 aliphatic heterocycles. The van der Waals surface area contributed by atoms with E-state index in [4.69, 9.17) is 4.84 Å². The van der Waals surface area contributed by atoms with Gasteiger partial charge in [-0.05, 0) is 25.9 Å². The van der Waals surface area contributed by atoms with Crippen LogP contribution >= 0.6 is 0 Å². The molecule has 1 saturated heterocycles. The van der Waals surface area contributed by atoms with E-state index in [1.165, 1.54) is 12.2 Å². The SMILES string of the molecule is BN1CCC(C(=O)N(C)OC)CC1. The molecule has 1 fully saturated rings. The number of piperidine rings is 1. The zero-order valence-corrected chi connectivity index (χ0v) is 8.62. The van der Waals surface area contributed by atoms with Gasteiger partial charge in [-0.3, -0.25) is 9.63 Å². The molecular formula is C8H17BN2O2. The molecule has 0 aromatic rings. The Labute approximate surface area is 80.2 Å². The molecule has 0 aliphatic carbocycles. The fourth-order valence-electron chi connectivity index (χ4n) is 1.60. The topological polar surface area (TPSA) is 32.8 Å². The molecule has 0 saturated carbocycles. The first kappa shape index (κ1) is 10.5. The largest absolute Gasteiger partial charge is 0.349 e. The summed E-state index contributed by atoms with van der Waals surface area (Å²) in [6.45, 7) is 2.02. The predicted octanol–water partition coefficient (Wildman–Crippen LogP) is -0.734. The molecule has 0 bridgehead atoms. The molecule has 0 spiro atoms. The molecule has 1 heterocycles. The summed E-state index contributed by atoms with van der Waals surface area (Å²) in [6.07, 6.45) is 1.89. The van der Waals surface area contributed by atoms with Crippen molar-refractivity contribution in [3.05, 3.63) is 0 Å². The number of carbonyl (C=O) groups is 1. The summed E-state index contributed by atoms with van der Waals surface area (Å²) in [6, 6.07) is 0. The van der Waals surface area contributed by atoms with Crippen molar-refractivity contribution in [3.63, 3.8) is 0 Å². The summed E-state index contributed by atoms with van der Waals surface area (Å²) in [5, 5.41) is 1.33. The minimum Gasteiger partial charge on any atom is -0.349 e. The molecule has 0 unspecified atom stereocenters. The Kier molecular flexibility index (Phi) is 3.75. The summed E-state index contributed by atoms with van der Waals surface area (Å²) in [5.74, 6) is 0.261. The van der Waals surface area contributed by atoms with Gasteiger partial charge in [-0.15, -0.1) is 0 Å². The molecule has 1 amide bonds. The first-order chi connectivity index (χ1) is 6.15. The normalized spacial score (nSPS) is 20.2. The van der Waals surface area contributed by atoms with Crippen molar-refractivity contribution in [2.24, 2.45) is 5.92 Å². The Bertz CT molecular complexity index is 181. The van der Waals surface area contributed by atoms with Crippen LogP contribution in [0.4, 0.5) is 0 Å². The van der Waals surface area contributed by atoms with E-state index in [-0.39, 0.29) is 11.8 Å². The molecule has 74 valence electrons. The van der Waals surface area contributed by atoms with Gasteiger partial charge in [0.25, 0.3) is 0 Å². The number of carbonyl (C=O) groups excluding carboxylic acids is 1. The molecule has 0 aromatic carbocycles. The Morgan fingerprint density at radius 3 is 2.54 bits per heavy atom. The summed E-state index contributed by atoms with van der Waals surface area (Å²) in [4.78, 5) is 18.7. The molecule has 0 aromatic heterocycles. The van der Waals surface area contributed by atoms with Crippen molar-refractivity contribution in [1.29, 1.82) is 0 Å². The lowest BCUT2D eigenvalue weighted by Gasteiger charge is -2.30. The van der Waals surface area contributed by atoms with E-state index in [0.717, 1.165) is 25.9 Å². The quantitative estimate of drug-likeness (QED) is 0.418. The number of rotatable bonds is 2. The zero-order chi connectivity index (χ0) is 9.84. The standard InChI is InChI=1S/C8H17BN2O2/c1-10(13-2)8(12)7-3-5-11(9)6-4-7/h7H,3-6,9H2,1-2H3. The first-order valence-electron chi connectivity index (χ1n) is 4.65. The van der Waals surface area contributed by atoms with E-state index >= 15 is 0 Å². The molecule has 4 nitrogen and oxygen atoms in total. The van der Waals surface area contributed by atoms with Gasteiger partial charge in [-0.25, -0.2) is 5.06 Å². The molecule has 1 aliphatic rings. The highest BCUT2D eigenvalue weighted by atomic mass is 16.7. The molecule has 13 heavy (non-hydrogen) atoms. The van der Waals surface area contributed by atoms with Crippen LogP contribution < -0.4 is 0 Å². The molecule has 0 atom stereocenters. The van der Waals surface area contributed by atoms with Crippen LogP contribution in [-0.4, -0.2) is 51.0 Å². The Hall–Kier alpha value is -0.545. The van der Waals surface area contributed by atoms with Crippen LogP contribution in [0.3, 0.4) is 0 Å². The fourth-order valence-corrected chi connectivity index (χ4v) is 1.60. The number of hydroxylamine groups is 2. The average Bonchev–Trinajstić information content (AvgIpc) is 2.17. The third-order valence-corrected chi connectivity index (χ3v) is 2.65. The van der Waals surface area contributed by atoms with Crippen molar-refractivity contribution in [2.45, 2.75) is 12.8 Å². The van der Waals surface area contributed by atoms with Crippen LogP contribution in [0.2, 0.25) is 0 Å². The number of hydrogen-bond acceptors (Lipinski definition) is 3. The van der Waals surface area contributed by atoms with E-state index in [0.29, 0.717) is 0 Å². The van der Waals surface area contributed by atoms with E-state index < -0.39 is 0 Å². The highest BCUT2D eigenvalue weighted by Gasteiger charge is 2.25. The third kappa shape index (κ3) is 2.71. The third-order valence-electron chi connectivity index (χ3n) is 2.65. The smallest absolute Gasteiger partial charge is 0.249 e. The van der Waals surface area contributed by atoms with E-state index in [1.54, 1.807) is 7.05 Å². The van der Waals surface area contributed by atoms with Gasteiger partial charge in [0, 0.05) is 13.0 Å². The second-order valence-electron chi connectivity index (χ2n) is 3.60. The van der Waals surface area contributed by atoms with Crippen molar-refractivity contribution in [1.82, 2.24) is 9.87 Å². The molecule has 0 N–H and O–H groups in total. The van der Waals surface area contributed by atoms with Crippen LogP contribution in [0.1, 0.15) is 12.8 Å². The molecule has 1 rings (SSSR count). The first-order valence-corrected chi connectivity index (χ1v) is 4.65. The predicted molar refractivity (Wildman–Crippen MR) is 52.6 cm³/mol. The fraction of sp³-hybridized carbons (Fsp3) is 0.875. The van der Waals surface area contributed by atoms with Crippen LogP contribution in [0.15, 0.2) is 0 Å². The summed E-state index contributed by atoms with van der Waals surface area (Å²) in [7, 11) is 5.27. The highest BCUT2D eigenvalue weighted by Crippen LogP contribution is 2.17. The average molecular weight is 184 g/mol. The van der Waals surface area contributed by atoms with Gasteiger partial charge >= 0.3 is 0 Å². The second kappa shape index (κ2) is 4.62. The van der Waals surface area contributed by atoms with Gasteiger partial charge in [-0.2, -0.15) is 0 Å². The Morgan fingerprint density at radius 1 is 1.54 bits per heavy atom. The highest BCUT2D eigenvalue weighted by molar-refractivity contribution is 6.04. The lowest BCUT2D eigenvalue weighted by Crippen LogP contribution is -2.39. The van der Waals surface area contributed by atoms with Gasteiger partial charge in [0.05, 0.1) is 7.11 Å². The Morgan fingerprint density at radius 2 is 2.08 bits per heavy atom. The number of nitrogens with zero attached hydrogens (tertiary/aromatic N) is 2. The van der Waals surface area contributed by atoms with Gasteiger partial charge in [0.2, 0.25) is 5.91 Å². The van der Waals surface area contributed by atoms with Crippen molar-refractivity contribution >= 4 is 13.9 Å². The summed E-state index contributed by atoms with van der Waals surface area (Å²) >= 11 is 0. The van der Waals surface area contributed by atoms with Gasteiger partial charge in [-0.1, -0.05) is 0 Å². The summed E-state index contributed by atoms with van der Waals surface area (Å²) < 4.78 is 0. The lowest BCUT2D eigenvalue weighted by atomic mass is 9.94. The van der Waals surface area contributed by atoms with Gasteiger partial charge in [0.1, 0.15) is 0 Å². The lowest BCUT2D eigenvalue weighted by molar-refractivity contribution is -0.174. The van der Waals surface area contributed by atoms with Crippen molar-refractivity contribution < 1.29 is 9.63 Å². The van der Waals surface area contributed by atoms with Crippen LogP contribution in [0, 0.1) is 5.92 Å². The molecule has 0 radical (unpaired) electrons. The van der Waals surface area contributed by atoms with Crippen LogP contribution in [-0.2, 0) is 9.63 Å². The van der Waals surface area contributed by atoms with Crippen molar-refractivity contribution in [3.8, 4) is 0 Å². The van der Waals surface area contributed by atoms with Crippen LogP contribution in [0.5, 0.6) is 0 Å². The van der Waals surface area contributed by atoms with E-state index in [2.05, 4.69) is 12.8 Å². The summed E-state index contributed by atoms with van der Waals surface area (Å²) in [5.41, 5.74) is 0.